The number of aryl methyl sites for hydroxylation is 1. The fraction of sp³-hybridized carbons (Fsp3) is 0.280. The van der Waals surface area contributed by atoms with Crippen LogP contribution < -0.4 is 20.7 Å². The molecule has 0 saturated carbocycles. The van der Waals surface area contributed by atoms with E-state index in [2.05, 4.69) is 38.1 Å². The third-order valence-corrected chi connectivity index (χ3v) is 4.67. The van der Waals surface area contributed by atoms with Crippen molar-refractivity contribution in [3.63, 3.8) is 0 Å². The molecule has 0 aliphatic rings. The molecular formula is C25H28F3N5O4. The highest BCUT2D eigenvalue weighted by atomic mass is 19.4. The van der Waals surface area contributed by atoms with E-state index in [1.165, 1.54) is 5.56 Å². The maximum Gasteiger partial charge on any atom is 0.490 e. The number of methoxy groups -OCH3 is 1. The average Bonchev–Trinajstić information content (AvgIpc) is 2.85. The number of aromatic nitrogens is 2. The standard InChI is InChI=1S/C23H27N5O2.C2HF3O2/c1-17-16-21(28-23(26-17)25-14-12-18-6-4-3-5-7-18)24-15-13-22(29)27-19-8-10-20(30-2)11-9-19;3-2(4,5)1(6)7/h3-11,16H,12-15H2,1-2H3,(H,27,29)(H2,24,25,26,28);(H,6,7). The number of alkyl halides is 3. The number of hydrogen-bond acceptors (Lipinski definition) is 7. The molecule has 0 atom stereocenters. The summed E-state index contributed by atoms with van der Waals surface area (Å²) in [7, 11) is 1.61. The van der Waals surface area contributed by atoms with Gasteiger partial charge in [0.05, 0.1) is 7.11 Å². The molecule has 37 heavy (non-hydrogen) atoms. The Morgan fingerprint density at radius 2 is 1.62 bits per heavy atom. The van der Waals surface area contributed by atoms with Gasteiger partial charge in [-0.05, 0) is 43.2 Å². The summed E-state index contributed by atoms with van der Waals surface area (Å²) >= 11 is 0. The molecule has 9 nitrogen and oxygen atoms in total. The number of carboxylic acids is 1. The predicted molar refractivity (Wildman–Crippen MR) is 134 cm³/mol. The van der Waals surface area contributed by atoms with Crippen molar-refractivity contribution in [2.24, 2.45) is 0 Å². The third kappa shape index (κ3) is 11.3. The molecular weight excluding hydrogens is 491 g/mol. The van der Waals surface area contributed by atoms with Crippen LogP contribution in [0.3, 0.4) is 0 Å². The summed E-state index contributed by atoms with van der Waals surface area (Å²) in [6.07, 6.45) is -3.86. The average molecular weight is 520 g/mol. The van der Waals surface area contributed by atoms with Gasteiger partial charge in [-0.2, -0.15) is 18.2 Å². The maximum atomic E-state index is 12.1. The van der Waals surface area contributed by atoms with E-state index >= 15 is 0 Å². The lowest BCUT2D eigenvalue weighted by molar-refractivity contribution is -0.192. The monoisotopic (exact) mass is 519 g/mol. The summed E-state index contributed by atoms with van der Waals surface area (Å²) < 4.78 is 36.9. The number of carboxylic acid groups (broad SMARTS) is 1. The minimum absolute atomic E-state index is 0.0698. The van der Waals surface area contributed by atoms with Gasteiger partial charge in [-0.3, -0.25) is 4.79 Å². The third-order valence-electron chi connectivity index (χ3n) is 4.67. The molecule has 3 rings (SSSR count). The fourth-order valence-corrected chi connectivity index (χ4v) is 2.90. The van der Waals surface area contributed by atoms with Gasteiger partial charge in [-0.25, -0.2) is 9.78 Å². The van der Waals surface area contributed by atoms with Gasteiger partial charge in [0.15, 0.2) is 0 Å². The van der Waals surface area contributed by atoms with Crippen molar-refractivity contribution >= 4 is 29.3 Å². The minimum atomic E-state index is -5.08. The van der Waals surface area contributed by atoms with Gasteiger partial charge in [0.2, 0.25) is 11.9 Å². The number of hydrogen-bond donors (Lipinski definition) is 4. The zero-order chi connectivity index (χ0) is 27.3. The lowest BCUT2D eigenvalue weighted by atomic mass is 10.1. The van der Waals surface area contributed by atoms with Crippen LogP contribution in [0.1, 0.15) is 17.7 Å². The van der Waals surface area contributed by atoms with Crippen LogP contribution in [0.15, 0.2) is 60.7 Å². The number of amides is 1. The number of aliphatic carboxylic acids is 1. The van der Waals surface area contributed by atoms with E-state index in [-0.39, 0.29) is 5.91 Å². The second-order valence-electron chi connectivity index (χ2n) is 7.64. The van der Waals surface area contributed by atoms with Crippen molar-refractivity contribution in [3.05, 3.63) is 71.9 Å². The zero-order valence-corrected chi connectivity index (χ0v) is 20.3. The van der Waals surface area contributed by atoms with Crippen molar-refractivity contribution in [2.45, 2.75) is 25.9 Å². The lowest BCUT2D eigenvalue weighted by Crippen LogP contribution is -2.21. The Morgan fingerprint density at radius 1 is 0.973 bits per heavy atom. The Bertz CT molecular complexity index is 1140. The second-order valence-corrected chi connectivity index (χ2v) is 7.64. The van der Waals surface area contributed by atoms with E-state index in [1.54, 1.807) is 7.11 Å². The van der Waals surface area contributed by atoms with Gasteiger partial charge in [0.25, 0.3) is 0 Å². The number of ether oxygens (including phenoxy) is 1. The quantitative estimate of drug-likeness (QED) is 0.308. The van der Waals surface area contributed by atoms with E-state index in [9.17, 15) is 18.0 Å². The molecule has 1 heterocycles. The van der Waals surface area contributed by atoms with Crippen LogP contribution in [0, 0.1) is 6.92 Å². The molecule has 0 aliphatic heterocycles. The van der Waals surface area contributed by atoms with Crippen LogP contribution in [-0.4, -0.2) is 53.3 Å². The molecule has 198 valence electrons. The summed E-state index contributed by atoms with van der Waals surface area (Å²) in [4.78, 5) is 29.9. The summed E-state index contributed by atoms with van der Waals surface area (Å²) in [5, 5.41) is 16.5. The molecule has 0 aliphatic carbocycles. The number of anilines is 3. The molecule has 4 N–H and O–H groups in total. The van der Waals surface area contributed by atoms with Gasteiger partial charge < -0.3 is 25.8 Å². The van der Waals surface area contributed by atoms with Gasteiger partial charge in [0, 0.05) is 37.0 Å². The Hall–Kier alpha value is -4.35. The first-order chi connectivity index (χ1) is 17.6. The summed E-state index contributed by atoms with van der Waals surface area (Å²) in [5.74, 6) is -0.799. The molecule has 0 unspecified atom stereocenters. The van der Waals surface area contributed by atoms with Crippen molar-refractivity contribution in [2.75, 3.05) is 36.1 Å². The number of benzene rings is 2. The fourth-order valence-electron chi connectivity index (χ4n) is 2.90. The van der Waals surface area contributed by atoms with Gasteiger partial charge in [-0.1, -0.05) is 30.3 Å². The molecule has 1 aromatic heterocycles. The highest BCUT2D eigenvalue weighted by molar-refractivity contribution is 5.91. The number of rotatable bonds is 10. The van der Waals surface area contributed by atoms with Crippen LogP contribution in [0.4, 0.5) is 30.6 Å². The molecule has 0 fully saturated rings. The molecule has 1 amide bonds. The van der Waals surface area contributed by atoms with Crippen LogP contribution in [0.25, 0.3) is 0 Å². The molecule has 2 aromatic carbocycles. The second kappa shape index (κ2) is 14.3. The topological polar surface area (TPSA) is 125 Å². The molecule has 3 aromatic rings. The number of nitrogens with zero attached hydrogens (tertiary/aromatic N) is 2. The maximum absolute atomic E-state index is 12.1. The van der Waals surface area contributed by atoms with E-state index < -0.39 is 12.1 Å². The summed E-state index contributed by atoms with van der Waals surface area (Å²) in [6, 6.07) is 19.4. The number of carbonyl (C=O) groups is 2. The SMILES string of the molecule is COc1ccc(NC(=O)CCNc2cc(C)nc(NCCc3ccccc3)n2)cc1.O=C(O)C(F)(F)F. The smallest absolute Gasteiger partial charge is 0.490 e. The predicted octanol–water partition coefficient (Wildman–Crippen LogP) is 4.52. The van der Waals surface area contributed by atoms with Crippen LogP contribution in [0.2, 0.25) is 0 Å². The van der Waals surface area contributed by atoms with Gasteiger partial charge >= 0.3 is 12.1 Å². The van der Waals surface area contributed by atoms with E-state index in [1.807, 2.05) is 55.5 Å². The number of carbonyl (C=O) groups excluding carboxylic acids is 1. The normalized spacial score (nSPS) is 10.5. The number of nitrogens with one attached hydrogen (secondary N) is 3. The number of halogens is 3. The van der Waals surface area contributed by atoms with Crippen molar-refractivity contribution in [1.29, 1.82) is 0 Å². The Morgan fingerprint density at radius 3 is 2.22 bits per heavy atom. The summed E-state index contributed by atoms with van der Waals surface area (Å²) in [5.41, 5.74) is 2.86. The largest absolute Gasteiger partial charge is 0.497 e. The zero-order valence-electron chi connectivity index (χ0n) is 20.3. The van der Waals surface area contributed by atoms with E-state index in [4.69, 9.17) is 14.6 Å². The Balaban J connectivity index is 0.000000604. The van der Waals surface area contributed by atoms with Gasteiger partial charge in [-0.15, -0.1) is 0 Å². The minimum Gasteiger partial charge on any atom is -0.497 e. The van der Waals surface area contributed by atoms with Crippen LogP contribution in [-0.2, 0) is 16.0 Å². The van der Waals surface area contributed by atoms with E-state index in [0.717, 1.165) is 30.1 Å². The van der Waals surface area contributed by atoms with Crippen molar-refractivity contribution in [3.8, 4) is 5.75 Å². The highest BCUT2D eigenvalue weighted by Crippen LogP contribution is 2.15. The van der Waals surface area contributed by atoms with Crippen molar-refractivity contribution < 1.29 is 32.6 Å². The molecule has 0 spiro atoms. The van der Waals surface area contributed by atoms with Crippen molar-refractivity contribution in [1.82, 2.24) is 9.97 Å². The first-order valence-electron chi connectivity index (χ1n) is 11.2. The molecule has 0 bridgehead atoms. The first-order valence-corrected chi connectivity index (χ1v) is 11.2. The summed E-state index contributed by atoms with van der Waals surface area (Å²) in [6.45, 7) is 3.14. The lowest BCUT2D eigenvalue weighted by Gasteiger charge is -2.10. The van der Waals surface area contributed by atoms with Crippen LogP contribution >= 0.6 is 0 Å². The highest BCUT2D eigenvalue weighted by Gasteiger charge is 2.38. The van der Waals surface area contributed by atoms with E-state index in [0.29, 0.717) is 24.7 Å². The Kier molecular flexibility index (Phi) is 11.1. The molecule has 12 heteroatoms. The van der Waals surface area contributed by atoms with Crippen LogP contribution in [0.5, 0.6) is 5.75 Å². The molecule has 0 saturated heterocycles. The molecule has 0 radical (unpaired) electrons. The Labute approximate surface area is 212 Å². The van der Waals surface area contributed by atoms with Gasteiger partial charge in [0.1, 0.15) is 11.6 Å². The first kappa shape index (κ1) is 28.9.